The van der Waals surface area contributed by atoms with Crippen LogP contribution in [0.15, 0.2) is 30.5 Å². The molecule has 6 heteroatoms. The number of carboxylic acids is 1. The number of carbonyl (C=O) groups is 1. The van der Waals surface area contributed by atoms with Gasteiger partial charge in [0.15, 0.2) is 5.75 Å². The van der Waals surface area contributed by atoms with Crippen molar-refractivity contribution in [3.63, 3.8) is 0 Å². The van der Waals surface area contributed by atoms with Gasteiger partial charge in [0.05, 0.1) is 23.8 Å². The SMILES string of the molecule is Cc1cc(CN2CC(C(=O)O)C2)ccc1C#Cc1cc(C#N)c(OC(C)C)cn1. The molecule has 0 atom stereocenters. The highest BCUT2D eigenvalue weighted by atomic mass is 16.5. The summed E-state index contributed by atoms with van der Waals surface area (Å²) in [7, 11) is 0. The highest BCUT2D eigenvalue weighted by Gasteiger charge is 2.32. The first kappa shape index (κ1) is 20.4. The van der Waals surface area contributed by atoms with Crippen LogP contribution in [0.25, 0.3) is 0 Å². The summed E-state index contributed by atoms with van der Waals surface area (Å²) >= 11 is 0. The highest BCUT2D eigenvalue weighted by Crippen LogP contribution is 2.21. The normalized spacial score (nSPS) is 13.9. The lowest BCUT2D eigenvalue weighted by Crippen LogP contribution is -2.49. The van der Waals surface area contributed by atoms with E-state index in [1.807, 2.05) is 32.9 Å². The van der Waals surface area contributed by atoms with Crippen molar-refractivity contribution in [1.82, 2.24) is 9.88 Å². The number of likely N-dealkylation sites (tertiary alicyclic amines) is 1. The highest BCUT2D eigenvalue weighted by molar-refractivity contribution is 5.71. The number of hydrogen-bond acceptors (Lipinski definition) is 5. The molecule has 1 aliphatic rings. The number of aryl methyl sites for hydroxylation is 1. The number of carboxylic acid groups (broad SMARTS) is 1. The van der Waals surface area contributed by atoms with Gasteiger partial charge in [-0.05, 0) is 50.0 Å². The zero-order valence-corrected chi connectivity index (χ0v) is 16.8. The van der Waals surface area contributed by atoms with E-state index in [-0.39, 0.29) is 12.0 Å². The number of ether oxygens (including phenoxy) is 1. The van der Waals surface area contributed by atoms with Crippen molar-refractivity contribution in [3.05, 3.63) is 58.4 Å². The van der Waals surface area contributed by atoms with Crippen molar-refractivity contribution in [2.75, 3.05) is 13.1 Å². The summed E-state index contributed by atoms with van der Waals surface area (Å²) in [5.41, 5.74) is 4.01. The molecule has 0 aliphatic carbocycles. The van der Waals surface area contributed by atoms with Crippen LogP contribution in [0.4, 0.5) is 0 Å². The largest absolute Gasteiger partial charge is 0.488 e. The van der Waals surface area contributed by atoms with E-state index in [9.17, 15) is 10.1 Å². The first-order valence-electron chi connectivity index (χ1n) is 9.49. The van der Waals surface area contributed by atoms with Gasteiger partial charge in [-0.1, -0.05) is 18.1 Å². The van der Waals surface area contributed by atoms with Crippen molar-refractivity contribution >= 4 is 5.97 Å². The maximum Gasteiger partial charge on any atom is 0.309 e. The lowest BCUT2D eigenvalue weighted by Gasteiger charge is -2.36. The monoisotopic (exact) mass is 389 g/mol. The minimum atomic E-state index is -0.722. The van der Waals surface area contributed by atoms with Crippen LogP contribution in [0.2, 0.25) is 0 Å². The van der Waals surface area contributed by atoms with Gasteiger partial charge in [-0.15, -0.1) is 0 Å². The third kappa shape index (κ3) is 5.13. The van der Waals surface area contributed by atoms with Crippen molar-refractivity contribution in [1.29, 1.82) is 5.26 Å². The van der Waals surface area contributed by atoms with Crippen LogP contribution in [0.1, 0.15) is 41.8 Å². The molecule has 6 nitrogen and oxygen atoms in total. The molecule has 1 N–H and O–H groups in total. The van der Waals surface area contributed by atoms with E-state index in [4.69, 9.17) is 9.84 Å². The average Bonchev–Trinajstić information content (AvgIpc) is 2.63. The topological polar surface area (TPSA) is 86.5 Å². The average molecular weight is 389 g/mol. The molecule has 2 aromatic rings. The minimum absolute atomic E-state index is 0.0340. The van der Waals surface area contributed by atoms with Gasteiger partial charge in [-0.25, -0.2) is 4.98 Å². The van der Waals surface area contributed by atoms with E-state index in [0.717, 1.165) is 23.2 Å². The lowest BCUT2D eigenvalue weighted by atomic mass is 9.98. The molecule has 0 bridgehead atoms. The molecule has 1 aliphatic heterocycles. The Morgan fingerprint density at radius 1 is 1.31 bits per heavy atom. The van der Waals surface area contributed by atoms with Crippen LogP contribution >= 0.6 is 0 Å². The molecule has 0 amide bonds. The van der Waals surface area contributed by atoms with Crippen molar-refractivity contribution in [2.45, 2.75) is 33.4 Å². The number of aliphatic carboxylic acids is 1. The second-order valence-corrected chi connectivity index (χ2v) is 7.47. The summed E-state index contributed by atoms with van der Waals surface area (Å²) in [6, 6.07) is 9.81. The summed E-state index contributed by atoms with van der Waals surface area (Å²) in [6.45, 7) is 7.72. The third-order valence-corrected chi connectivity index (χ3v) is 4.68. The van der Waals surface area contributed by atoms with Gasteiger partial charge in [0.2, 0.25) is 0 Å². The van der Waals surface area contributed by atoms with Gasteiger partial charge in [-0.3, -0.25) is 9.69 Å². The first-order chi connectivity index (χ1) is 13.9. The summed E-state index contributed by atoms with van der Waals surface area (Å²) in [5.74, 6) is 5.63. The van der Waals surface area contributed by atoms with Crippen LogP contribution in [0.5, 0.6) is 5.75 Å². The molecular weight excluding hydrogens is 366 g/mol. The van der Waals surface area contributed by atoms with Crippen LogP contribution in [-0.2, 0) is 11.3 Å². The van der Waals surface area contributed by atoms with Gasteiger partial charge in [-0.2, -0.15) is 5.26 Å². The van der Waals surface area contributed by atoms with Crippen LogP contribution in [-0.4, -0.2) is 40.2 Å². The van der Waals surface area contributed by atoms with Gasteiger partial charge in [0, 0.05) is 25.2 Å². The fourth-order valence-corrected chi connectivity index (χ4v) is 3.16. The third-order valence-electron chi connectivity index (χ3n) is 4.68. The lowest BCUT2D eigenvalue weighted by molar-refractivity contribution is -0.147. The maximum atomic E-state index is 10.9. The molecule has 0 saturated carbocycles. The van der Waals surface area contributed by atoms with E-state index >= 15 is 0 Å². The number of hydrogen-bond donors (Lipinski definition) is 1. The summed E-state index contributed by atoms with van der Waals surface area (Å²) < 4.78 is 5.58. The van der Waals surface area contributed by atoms with E-state index in [0.29, 0.717) is 30.1 Å². The Balaban J connectivity index is 1.69. The van der Waals surface area contributed by atoms with E-state index in [1.165, 1.54) is 6.20 Å². The van der Waals surface area contributed by atoms with Gasteiger partial charge in [0.25, 0.3) is 0 Å². The van der Waals surface area contributed by atoms with Crippen LogP contribution in [0, 0.1) is 36.0 Å². The second-order valence-electron chi connectivity index (χ2n) is 7.47. The molecule has 0 unspecified atom stereocenters. The number of nitrogens with zero attached hydrogens (tertiary/aromatic N) is 3. The molecule has 0 radical (unpaired) electrons. The fraction of sp³-hybridized carbons (Fsp3) is 0.348. The Kier molecular flexibility index (Phi) is 6.16. The van der Waals surface area contributed by atoms with E-state index in [2.05, 4.69) is 33.9 Å². The predicted octanol–water partition coefficient (Wildman–Crippen LogP) is 2.97. The van der Waals surface area contributed by atoms with Gasteiger partial charge >= 0.3 is 5.97 Å². The molecule has 29 heavy (non-hydrogen) atoms. The number of pyridine rings is 1. The zero-order chi connectivity index (χ0) is 21.0. The Bertz CT molecular complexity index is 1020. The van der Waals surface area contributed by atoms with Gasteiger partial charge in [0.1, 0.15) is 11.8 Å². The number of rotatable bonds is 5. The van der Waals surface area contributed by atoms with Crippen molar-refractivity contribution < 1.29 is 14.6 Å². The van der Waals surface area contributed by atoms with Gasteiger partial charge < -0.3 is 9.84 Å². The predicted molar refractivity (Wildman–Crippen MR) is 108 cm³/mol. The molecule has 148 valence electrons. The van der Waals surface area contributed by atoms with Crippen LogP contribution < -0.4 is 4.74 Å². The van der Waals surface area contributed by atoms with E-state index < -0.39 is 5.97 Å². The Morgan fingerprint density at radius 3 is 2.69 bits per heavy atom. The Labute approximate surface area is 170 Å². The summed E-state index contributed by atoms with van der Waals surface area (Å²) in [4.78, 5) is 17.3. The van der Waals surface area contributed by atoms with Crippen LogP contribution in [0.3, 0.4) is 0 Å². The second kappa shape index (κ2) is 8.77. The molecule has 1 fully saturated rings. The Morgan fingerprint density at radius 2 is 2.07 bits per heavy atom. The molecule has 2 heterocycles. The molecule has 1 aromatic carbocycles. The number of benzene rings is 1. The smallest absolute Gasteiger partial charge is 0.309 e. The standard InChI is InChI=1S/C23H23N3O3/c1-15(2)29-22-11-25-21(9-19(22)10-24)7-6-18-5-4-17(8-16(18)3)12-26-13-20(14-26)23(27)28/h4-5,8-9,11,15,20H,12-14H2,1-3H3,(H,27,28). The Hall–Kier alpha value is -3.35. The molecule has 0 spiro atoms. The molecular formula is C23H23N3O3. The molecule has 3 rings (SSSR count). The number of nitriles is 1. The van der Waals surface area contributed by atoms with Crippen molar-refractivity contribution in [3.8, 4) is 23.7 Å². The maximum absolute atomic E-state index is 10.9. The van der Waals surface area contributed by atoms with E-state index in [1.54, 1.807) is 6.07 Å². The molecule has 1 saturated heterocycles. The summed E-state index contributed by atoms with van der Waals surface area (Å²) in [6.07, 6.45) is 1.50. The number of aromatic nitrogens is 1. The molecule has 1 aromatic heterocycles. The zero-order valence-electron chi connectivity index (χ0n) is 16.8. The quantitative estimate of drug-likeness (QED) is 0.791. The summed E-state index contributed by atoms with van der Waals surface area (Å²) in [5, 5.41) is 18.3. The minimum Gasteiger partial charge on any atom is -0.488 e. The fourth-order valence-electron chi connectivity index (χ4n) is 3.16. The van der Waals surface area contributed by atoms with Crippen molar-refractivity contribution in [2.24, 2.45) is 5.92 Å². The first-order valence-corrected chi connectivity index (χ1v) is 9.49.